The molecule has 0 aromatic heterocycles. The third-order valence-corrected chi connectivity index (χ3v) is 16.6. The van der Waals surface area contributed by atoms with Crippen molar-refractivity contribution in [1.29, 1.82) is 10.5 Å². The van der Waals surface area contributed by atoms with Crippen LogP contribution in [0.4, 0.5) is 0 Å². The quantitative estimate of drug-likeness (QED) is 0.185. The van der Waals surface area contributed by atoms with Crippen LogP contribution in [-0.4, -0.2) is 23.0 Å². The number of hydrogen-bond donors (Lipinski definition) is 0. The second-order valence-corrected chi connectivity index (χ2v) is 17.9. The highest BCUT2D eigenvalue weighted by atomic mass is 32.3. The molecule has 0 saturated heterocycles. The predicted molar refractivity (Wildman–Crippen MR) is 182 cm³/mol. The van der Waals surface area contributed by atoms with E-state index in [1.54, 1.807) is 23.5 Å². The molecule has 0 saturated carbocycles. The van der Waals surface area contributed by atoms with E-state index >= 15 is 0 Å². The fourth-order valence-corrected chi connectivity index (χ4v) is 15.2. The average Bonchev–Trinajstić information content (AvgIpc) is 3.54. The van der Waals surface area contributed by atoms with E-state index in [4.69, 9.17) is 10.5 Å². The van der Waals surface area contributed by atoms with Gasteiger partial charge in [-0.15, -0.1) is 47.0 Å². The average molecular weight is 647 g/mol. The van der Waals surface area contributed by atoms with Crippen molar-refractivity contribution >= 4 is 94.1 Å². The SMILES string of the molecule is N#CCCSC1=C(SCCC#N)SC(=C2SC(SCCc3ccccc3)=C(SCCc3ccccc3)S2)S1. The molecule has 2 nitrogen and oxygen atoms in total. The van der Waals surface area contributed by atoms with Crippen molar-refractivity contribution in [1.82, 2.24) is 0 Å². The van der Waals surface area contributed by atoms with E-state index in [1.807, 2.05) is 70.6 Å². The molecule has 0 radical (unpaired) electrons. The molecule has 0 atom stereocenters. The van der Waals surface area contributed by atoms with Gasteiger partial charge in [0.25, 0.3) is 0 Å². The van der Waals surface area contributed by atoms with E-state index in [0.717, 1.165) is 35.9 Å². The van der Waals surface area contributed by atoms with Crippen LogP contribution in [0.3, 0.4) is 0 Å². The Morgan fingerprint density at radius 2 is 0.842 bits per heavy atom. The second-order valence-electron chi connectivity index (χ2n) is 7.81. The molecule has 10 heteroatoms. The summed E-state index contributed by atoms with van der Waals surface area (Å²) in [5.74, 6) is 3.76. The lowest BCUT2D eigenvalue weighted by Crippen LogP contribution is -1.89. The van der Waals surface area contributed by atoms with Crippen LogP contribution in [0, 0.1) is 22.7 Å². The highest BCUT2D eigenvalue weighted by Gasteiger charge is 2.30. The summed E-state index contributed by atoms with van der Waals surface area (Å²) in [6.07, 6.45) is 3.24. The number of nitrogens with zero attached hydrogens (tertiary/aromatic N) is 2. The molecule has 0 unspecified atom stereocenters. The first-order valence-electron chi connectivity index (χ1n) is 12.0. The fraction of sp³-hybridized carbons (Fsp3) is 0.286. The van der Waals surface area contributed by atoms with Crippen LogP contribution in [0.25, 0.3) is 0 Å². The van der Waals surface area contributed by atoms with Crippen LogP contribution in [0.15, 0.2) is 86.1 Å². The van der Waals surface area contributed by atoms with E-state index in [0.29, 0.717) is 12.8 Å². The van der Waals surface area contributed by atoms with E-state index in [-0.39, 0.29) is 0 Å². The van der Waals surface area contributed by atoms with Crippen LogP contribution >= 0.6 is 94.1 Å². The van der Waals surface area contributed by atoms with Crippen LogP contribution in [0.5, 0.6) is 0 Å². The second kappa shape index (κ2) is 17.3. The lowest BCUT2D eigenvalue weighted by Gasteiger charge is -2.06. The van der Waals surface area contributed by atoms with Crippen molar-refractivity contribution in [3.8, 4) is 12.1 Å². The molecule has 2 aliphatic heterocycles. The summed E-state index contributed by atoms with van der Waals surface area (Å²) in [4.78, 5) is 0. The Labute approximate surface area is 260 Å². The van der Waals surface area contributed by atoms with Crippen molar-refractivity contribution in [2.75, 3.05) is 23.0 Å². The van der Waals surface area contributed by atoms with Crippen molar-refractivity contribution in [2.45, 2.75) is 25.7 Å². The molecule has 2 heterocycles. The predicted octanol–water partition coefficient (Wildman–Crippen LogP) is 10.6. The zero-order chi connectivity index (χ0) is 26.4. The Kier molecular flexibility index (Phi) is 13.8. The molecule has 2 aromatic rings. The normalized spacial score (nSPS) is 15.3. The van der Waals surface area contributed by atoms with Gasteiger partial charge in [0.1, 0.15) is 0 Å². The van der Waals surface area contributed by atoms with Crippen LogP contribution < -0.4 is 0 Å². The lowest BCUT2D eigenvalue weighted by atomic mass is 10.2. The van der Waals surface area contributed by atoms with Gasteiger partial charge < -0.3 is 0 Å². The van der Waals surface area contributed by atoms with Gasteiger partial charge in [-0.3, -0.25) is 0 Å². The number of rotatable bonds is 14. The molecule has 0 fully saturated rings. The van der Waals surface area contributed by atoms with Crippen molar-refractivity contribution in [2.24, 2.45) is 0 Å². The highest BCUT2D eigenvalue weighted by Crippen LogP contribution is 2.66. The standard InChI is InChI=1S/C28H26N2S8/c29-15-7-17-31-23-24(32-18-8-16-30)36-27(35-23)28-37-25(33-19-13-21-9-3-1-4-10-21)26(38-28)34-20-14-22-11-5-2-6-12-22/h1-6,9-12H,7-8,13-14,17-20H2. The van der Waals surface area contributed by atoms with Gasteiger partial charge in [-0.2, -0.15) is 10.5 Å². The van der Waals surface area contributed by atoms with Gasteiger partial charge in [-0.1, -0.05) is 108 Å². The smallest absolute Gasteiger partial charge is 0.0717 e. The number of hydrogen-bond acceptors (Lipinski definition) is 10. The Morgan fingerprint density at radius 3 is 1.18 bits per heavy atom. The lowest BCUT2D eigenvalue weighted by molar-refractivity contribution is 1.16. The highest BCUT2D eigenvalue weighted by molar-refractivity contribution is 8.45. The van der Waals surface area contributed by atoms with Gasteiger partial charge in [0.05, 0.1) is 37.6 Å². The van der Waals surface area contributed by atoms with E-state index in [2.05, 4.69) is 72.8 Å². The zero-order valence-electron chi connectivity index (χ0n) is 20.6. The van der Waals surface area contributed by atoms with Gasteiger partial charge >= 0.3 is 0 Å². The largest absolute Gasteiger partial charge is 0.198 e. The molecule has 0 N–H and O–H groups in total. The molecular weight excluding hydrogens is 621 g/mol. The van der Waals surface area contributed by atoms with E-state index in [9.17, 15) is 0 Å². The van der Waals surface area contributed by atoms with Crippen molar-refractivity contribution in [3.63, 3.8) is 0 Å². The maximum absolute atomic E-state index is 8.99. The Morgan fingerprint density at radius 1 is 0.500 bits per heavy atom. The molecule has 0 bridgehead atoms. The summed E-state index contributed by atoms with van der Waals surface area (Å²) < 4.78 is 8.16. The first kappa shape index (κ1) is 30.4. The molecule has 196 valence electrons. The molecule has 0 amide bonds. The van der Waals surface area contributed by atoms with Crippen LogP contribution in [-0.2, 0) is 12.8 Å². The third kappa shape index (κ3) is 9.82. The molecule has 38 heavy (non-hydrogen) atoms. The molecule has 4 rings (SSSR count). The summed E-state index contributed by atoms with van der Waals surface area (Å²) in [7, 11) is 0. The summed E-state index contributed by atoms with van der Waals surface area (Å²) in [5.41, 5.74) is 2.77. The van der Waals surface area contributed by atoms with Crippen LogP contribution in [0.2, 0.25) is 0 Å². The number of benzene rings is 2. The summed E-state index contributed by atoms with van der Waals surface area (Å²) in [6, 6.07) is 26.0. The minimum atomic E-state index is 0.552. The Hall–Kier alpha value is -0.560. The van der Waals surface area contributed by atoms with Gasteiger partial charge in [0.2, 0.25) is 0 Å². The molecule has 2 aromatic carbocycles. The molecular formula is C28H26N2S8. The minimum absolute atomic E-state index is 0.552. The van der Waals surface area contributed by atoms with E-state index in [1.165, 1.54) is 36.5 Å². The van der Waals surface area contributed by atoms with Gasteiger partial charge in [-0.25, -0.2) is 0 Å². The molecule has 0 aliphatic carbocycles. The summed E-state index contributed by atoms with van der Waals surface area (Å²) in [5, 5.41) is 18.0. The third-order valence-electron chi connectivity index (χ3n) is 5.07. The van der Waals surface area contributed by atoms with E-state index < -0.39 is 0 Å². The van der Waals surface area contributed by atoms with Crippen molar-refractivity contribution in [3.05, 3.63) is 97.2 Å². The zero-order valence-corrected chi connectivity index (χ0v) is 27.1. The maximum atomic E-state index is 8.99. The number of thioether (sulfide) groups is 8. The summed E-state index contributed by atoms with van der Waals surface area (Å²) >= 11 is 15.1. The number of aryl methyl sites for hydroxylation is 2. The molecule has 2 aliphatic rings. The maximum Gasteiger partial charge on any atom is 0.0717 e. The fourth-order valence-electron chi connectivity index (χ4n) is 3.26. The minimum Gasteiger partial charge on any atom is -0.198 e. The van der Waals surface area contributed by atoms with Gasteiger partial charge in [0.15, 0.2) is 0 Å². The Balaban J connectivity index is 1.43. The van der Waals surface area contributed by atoms with Crippen molar-refractivity contribution < 1.29 is 0 Å². The number of nitriles is 2. The molecule has 0 spiro atoms. The van der Waals surface area contributed by atoms with Crippen LogP contribution in [0.1, 0.15) is 24.0 Å². The first-order chi connectivity index (χ1) is 18.8. The first-order valence-corrected chi connectivity index (χ1v) is 19.2. The summed E-state index contributed by atoms with van der Waals surface area (Å²) in [6.45, 7) is 0. The van der Waals surface area contributed by atoms with Gasteiger partial charge in [-0.05, 0) is 24.0 Å². The monoisotopic (exact) mass is 646 g/mol. The Bertz CT molecular complexity index is 1150. The topological polar surface area (TPSA) is 47.6 Å². The van der Waals surface area contributed by atoms with Gasteiger partial charge in [0, 0.05) is 35.9 Å².